The van der Waals surface area contributed by atoms with Gasteiger partial charge in [-0.25, -0.2) is 19.9 Å². The Kier molecular flexibility index (Phi) is 23.4. The fourth-order valence-electron chi connectivity index (χ4n) is 21.0. The molecular weight excluding hydrogens is 1580 g/mol. The van der Waals surface area contributed by atoms with Gasteiger partial charge in [-0.3, -0.25) is 0 Å². The molecule has 8 nitrogen and oxygen atoms in total. The number of nitrogens with one attached hydrogen (secondary N) is 4. The molecule has 0 spiro atoms. The number of allylic oxidation sites excluding steroid dienone is 8. The van der Waals surface area contributed by atoms with E-state index in [2.05, 4.69) is 395 Å². The number of nitrogens with zero attached hydrogens (tertiary/aromatic N) is 4. The van der Waals surface area contributed by atoms with E-state index in [9.17, 15) is 0 Å². The second kappa shape index (κ2) is 34.0. The van der Waals surface area contributed by atoms with Crippen LogP contribution in [0.5, 0.6) is 0 Å². The molecule has 0 radical (unpaired) electrons. The largest absolute Gasteiger partial charge is 0.354 e. The lowest BCUT2D eigenvalue weighted by atomic mass is 9.78. The van der Waals surface area contributed by atoms with Crippen molar-refractivity contribution in [1.82, 2.24) is 39.9 Å². The quantitative estimate of drug-likeness (QED) is 0.0720. The molecule has 4 aliphatic rings. The molecule has 0 amide bonds. The first-order valence-electron chi connectivity index (χ1n) is 47.8. The third-order valence-corrected chi connectivity index (χ3v) is 28.8. The lowest BCUT2D eigenvalue weighted by Gasteiger charge is -2.26. The first kappa shape index (κ1) is 89.4. The van der Waals surface area contributed by atoms with E-state index in [0.717, 1.165) is 218 Å². The first-order valence-corrected chi connectivity index (χ1v) is 47.8. The minimum absolute atomic E-state index is 0.0823. The third kappa shape index (κ3) is 15.8. The van der Waals surface area contributed by atoms with Gasteiger partial charge < -0.3 is 19.9 Å². The van der Waals surface area contributed by atoms with Crippen LogP contribution in [0.3, 0.4) is 0 Å². The fourth-order valence-corrected chi connectivity index (χ4v) is 21.0. The van der Waals surface area contributed by atoms with Gasteiger partial charge in [0.05, 0.1) is 67.6 Å². The van der Waals surface area contributed by atoms with Crippen LogP contribution in [0.2, 0.25) is 0 Å². The molecule has 6 aromatic heterocycles. The molecule has 8 heteroatoms. The van der Waals surface area contributed by atoms with Gasteiger partial charge in [-0.15, -0.1) is 0 Å². The van der Waals surface area contributed by atoms with E-state index < -0.39 is 0 Å². The van der Waals surface area contributed by atoms with Crippen molar-refractivity contribution in [2.24, 2.45) is 0 Å². The summed E-state index contributed by atoms with van der Waals surface area (Å²) < 4.78 is 0. The highest BCUT2D eigenvalue weighted by molar-refractivity contribution is 6.08. The number of rotatable bonds is 12. The normalized spacial score (nSPS) is 13.4. The van der Waals surface area contributed by atoms with Crippen molar-refractivity contribution in [1.29, 1.82) is 0 Å². The van der Waals surface area contributed by atoms with Gasteiger partial charge in [0, 0.05) is 66.6 Å². The van der Waals surface area contributed by atoms with E-state index >= 15 is 0 Å². The summed E-state index contributed by atoms with van der Waals surface area (Å²) in [6, 6.07) is 59.3. The monoisotopic (exact) mass is 1710 g/mol. The predicted octanol–water partition coefficient (Wildman–Crippen LogP) is 32.8. The molecule has 0 unspecified atom stereocenters. The fraction of sp³-hybridized carbons (Fsp3) is 0.328. The molecule has 16 bridgehead atoms. The molecule has 0 saturated carbocycles. The van der Waals surface area contributed by atoms with E-state index in [1.807, 2.05) is 0 Å². The number of aromatic amines is 4. The highest BCUT2D eigenvalue weighted by atomic mass is 14.8. The predicted molar refractivity (Wildman–Crippen MR) is 560 cm³/mol. The van der Waals surface area contributed by atoms with Crippen LogP contribution in [0, 0.1) is 51.4 Å². The van der Waals surface area contributed by atoms with Crippen LogP contribution in [-0.4, -0.2) is 39.9 Å². The molecule has 13 aromatic rings. The Hall–Kier alpha value is -12.6. The summed E-state index contributed by atoms with van der Waals surface area (Å²) in [6.45, 7) is 64.6. The summed E-state index contributed by atoms with van der Waals surface area (Å²) >= 11 is 0. The Morgan fingerprint density at radius 1 is 0.262 bits per heavy atom. The number of hydrogen-bond acceptors (Lipinski definition) is 4. The topological polar surface area (TPSA) is 115 Å². The number of fused-ring (bicyclic) bond motifs is 18. The summed E-state index contributed by atoms with van der Waals surface area (Å²) in [6.07, 6.45) is 6.71. The minimum atomic E-state index is -0.0823. The summed E-state index contributed by atoms with van der Waals surface area (Å²) in [5.41, 5.74) is 54.1. The molecule has 7 aromatic carbocycles. The number of benzene rings is 7. The van der Waals surface area contributed by atoms with Gasteiger partial charge in [0.1, 0.15) is 0 Å². The van der Waals surface area contributed by atoms with Gasteiger partial charge >= 0.3 is 0 Å². The average Bonchev–Trinajstić information content (AvgIpc) is 1.59. The van der Waals surface area contributed by atoms with Crippen molar-refractivity contribution >= 4 is 110 Å². The van der Waals surface area contributed by atoms with Crippen molar-refractivity contribution in [2.45, 2.75) is 267 Å². The van der Waals surface area contributed by atoms with E-state index in [1.54, 1.807) is 0 Å². The highest BCUT2D eigenvalue weighted by Gasteiger charge is 2.33. The Bertz CT molecular complexity index is 7070. The summed E-state index contributed by atoms with van der Waals surface area (Å²) in [7, 11) is 0. The maximum Gasteiger partial charge on any atom is 0.0769 e. The van der Waals surface area contributed by atoms with Gasteiger partial charge in [-0.1, -0.05) is 247 Å². The molecular formula is C122H130N8. The molecule has 10 heterocycles. The average molecular weight is 1710 g/mol. The van der Waals surface area contributed by atoms with Crippen LogP contribution in [0.25, 0.3) is 155 Å². The minimum Gasteiger partial charge on any atom is -0.354 e. The molecule has 0 fully saturated rings. The van der Waals surface area contributed by atoms with Crippen LogP contribution in [-0.2, 0) is 47.3 Å². The molecule has 0 saturated heterocycles. The van der Waals surface area contributed by atoms with Gasteiger partial charge in [-0.05, 0) is 356 Å². The Labute approximate surface area is 772 Å². The van der Waals surface area contributed by atoms with Crippen molar-refractivity contribution in [2.75, 3.05) is 0 Å². The summed E-state index contributed by atoms with van der Waals surface area (Å²) in [4.78, 5) is 39.8. The standard InChI is InChI=1S/C122H130N8/c1-29-89-67(9)111-107(112-68(10)90(30-2)100(124-112)64-104-94(34-6)72(14)116(128-104)109(115-71(13)93(33-5)103(127-115)63-99(89)123-111)83-55-85(119(17,18)19)61-86(56-83)120(20,21)22)79-49-43-75(44-50-79)41-47-77-53-54-78(98-60-82-40-38-37-39-81(82)59-97(77)98)48-42-76-45-51-80(52-46-76)108-113-69(11)91(31-3)101(125-113)65-105-95(35-7)73(15)117(129-105)110(84-57-87(121(23,24)25)62-88(58-84)122(26,27)28)118-74(16)96(36-8)106(130-118)66-102-92(32-4)70(12)114(108)126-102/h37-40,43-46,49-66,123,125,128,130H,29-36H2,1-28H3. The molecule has 0 atom stereocenters. The zero-order valence-electron chi connectivity index (χ0n) is 82.5. The van der Waals surface area contributed by atoms with Gasteiger partial charge in [0.2, 0.25) is 0 Å². The smallest absolute Gasteiger partial charge is 0.0769 e. The molecule has 0 aliphatic carbocycles. The Balaban J connectivity index is 0.773. The number of aryl methyl sites for hydroxylation is 8. The number of aromatic nitrogens is 8. The maximum atomic E-state index is 5.84. The molecule has 130 heavy (non-hydrogen) atoms. The number of hydrogen-bond donors (Lipinski definition) is 4. The van der Waals surface area contributed by atoms with Crippen LogP contribution in [0.4, 0.5) is 0 Å². The van der Waals surface area contributed by atoms with Gasteiger partial charge in [-0.2, -0.15) is 0 Å². The summed E-state index contributed by atoms with van der Waals surface area (Å²) in [5, 5.41) is 4.42. The van der Waals surface area contributed by atoms with Crippen LogP contribution in [0.15, 0.2) is 158 Å². The SMILES string of the molecule is CCC1=C(C)c2nc1cc1[nH]c(c(C)c1CC)c(-c1ccc(C#Cc3ccc(C#Cc4ccc(-c5c6nc(cc7[nH]c(c(C)c7CC)c(-c7cc(C(C)(C)C)cc(C(C)(C)C)c7)c7nc(cc8[nH]c5c(C)c8CC)C(CC)=C7C)C(CC)=C6C)cc4)c4cc5ccccc5cc34)cc1)c1nc(cc3[nH]c(c(C)c3CC)c2-c2cc(C(C)(C)C)cc(C(C)(C)C)c2)C(CC)=C1C. The van der Waals surface area contributed by atoms with Crippen molar-refractivity contribution in [3.05, 3.63) is 292 Å². The second-order valence-corrected chi connectivity index (χ2v) is 40.9. The van der Waals surface area contributed by atoms with Crippen molar-refractivity contribution < 1.29 is 0 Å². The number of H-pyrrole nitrogens is 4. The molecule has 658 valence electrons. The van der Waals surface area contributed by atoms with Crippen molar-refractivity contribution in [3.8, 4) is 68.2 Å². The van der Waals surface area contributed by atoms with E-state index in [0.29, 0.717) is 0 Å². The zero-order valence-corrected chi connectivity index (χ0v) is 82.5. The van der Waals surface area contributed by atoms with Crippen molar-refractivity contribution in [3.63, 3.8) is 0 Å². The lowest BCUT2D eigenvalue weighted by molar-refractivity contribution is 0.568. The summed E-state index contributed by atoms with van der Waals surface area (Å²) in [5.74, 6) is 14.7. The third-order valence-electron chi connectivity index (χ3n) is 28.8. The van der Waals surface area contributed by atoms with Crippen LogP contribution < -0.4 is 0 Å². The zero-order chi connectivity index (χ0) is 92.5. The van der Waals surface area contributed by atoms with Crippen LogP contribution >= 0.6 is 0 Å². The van der Waals surface area contributed by atoms with E-state index in [4.69, 9.17) is 19.9 Å². The first-order chi connectivity index (χ1) is 61.9. The Morgan fingerprint density at radius 3 is 0.738 bits per heavy atom. The van der Waals surface area contributed by atoms with E-state index in [1.165, 1.54) is 122 Å². The molecule has 17 rings (SSSR count). The highest BCUT2D eigenvalue weighted by Crippen LogP contribution is 2.50. The van der Waals surface area contributed by atoms with E-state index in [-0.39, 0.29) is 21.7 Å². The maximum absolute atomic E-state index is 5.84. The molecule has 4 aliphatic heterocycles. The Morgan fingerprint density at radius 2 is 0.508 bits per heavy atom. The second-order valence-electron chi connectivity index (χ2n) is 40.9. The van der Waals surface area contributed by atoms with Crippen LogP contribution in [0.1, 0.15) is 326 Å². The van der Waals surface area contributed by atoms with Gasteiger partial charge in [0.15, 0.2) is 0 Å². The molecule has 4 N–H and O–H groups in total. The van der Waals surface area contributed by atoms with Gasteiger partial charge in [0.25, 0.3) is 0 Å². The lowest BCUT2D eigenvalue weighted by Crippen LogP contribution is -2.16.